The summed E-state index contributed by atoms with van der Waals surface area (Å²) in [6, 6.07) is 13.2. The van der Waals surface area contributed by atoms with E-state index in [1.165, 1.54) is 12.1 Å². The Hall–Kier alpha value is -3.07. The third-order valence-electron chi connectivity index (χ3n) is 3.57. The van der Waals surface area contributed by atoms with E-state index >= 15 is 0 Å². The number of nitrogens with two attached hydrogens (primary N) is 1. The molecule has 0 saturated carbocycles. The van der Waals surface area contributed by atoms with E-state index in [0.29, 0.717) is 0 Å². The van der Waals surface area contributed by atoms with Crippen molar-refractivity contribution >= 4 is 11.8 Å². The molecular weight excluding hydrogens is 377 g/mol. The minimum atomic E-state index is -4.83. The molecule has 9 heteroatoms. The molecule has 0 aliphatic carbocycles. The van der Waals surface area contributed by atoms with Gasteiger partial charge < -0.3 is 20.5 Å². The van der Waals surface area contributed by atoms with Crippen LogP contribution < -0.4 is 15.8 Å². The summed E-state index contributed by atoms with van der Waals surface area (Å²) in [5.74, 6) is -1.80. The Bertz CT molecular complexity index is 797. The smallest absolute Gasteiger partial charge is 0.406 e. The highest BCUT2D eigenvalue weighted by molar-refractivity contribution is 5.87. The van der Waals surface area contributed by atoms with E-state index < -0.39 is 30.0 Å². The molecule has 0 spiro atoms. The van der Waals surface area contributed by atoms with Crippen molar-refractivity contribution in [3.8, 4) is 5.75 Å². The summed E-state index contributed by atoms with van der Waals surface area (Å²) < 4.78 is 46.0. The summed E-state index contributed by atoms with van der Waals surface area (Å²) in [6.07, 6.45) is -5.08. The molecule has 150 valence electrons. The zero-order chi connectivity index (χ0) is 20.6. The molecule has 6 nitrogen and oxygen atoms in total. The van der Waals surface area contributed by atoms with Crippen molar-refractivity contribution in [1.29, 1.82) is 0 Å². The van der Waals surface area contributed by atoms with Gasteiger partial charge in [0.2, 0.25) is 11.8 Å². The lowest BCUT2D eigenvalue weighted by Crippen LogP contribution is -2.47. The van der Waals surface area contributed by atoms with Crippen molar-refractivity contribution in [2.24, 2.45) is 5.73 Å². The SMILES string of the molecule is NC(=O)C(COCc1ccccc1)NC(=O)Cc1cccc(OC(F)(F)F)c1. The Morgan fingerprint density at radius 2 is 1.71 bits per heavy atom. The maximum Gasteiger partial charge on any atom is 0.573 e. The number of primary amides is 1. The summed E-state index contributed by atoms with van der Waals surface area (Å²) in [6.45, 7) is 0.102. The lowest BCUT2D eigenvalue weighted by atomic mass is 10.1. The maximum absolute atomic E-state index is 12.3. The molecule has 28 heavy (non-hydrogen) atoms. The van der Waals surface area contributed by atoms with Crippen LogP contribution in [0.5, 0.6) is 5.75 Å². The van der Waals surface area contributed by atoms with Crippen molar-refractivity contribution in [1.82, 2.24) is 5.32 Å². The zero-order valence-electron chi connectivity index (χ0n) is 14.7. The standard InChI is InChI=1S/C19H19F3N2O4/c20-19(21,22)28-15-8-4-7-14(9-15)10-17(25)24-16(18(23)26)12-27-11-13-5-2-1-3-6-13/h1-9,16H,10-12H2,(H2,23,26)(H,24,25). The van der Waals surface area contributed by atoms with Gasteiger partial charge in [0.05, 0.1) is 19.6 Å². The second kappa shape index (κ2) is 9.75. The Morgan fingerprint density at radius 3 is 2.36 bits per heavy atom. The Kier molecular flexibility index (Phi) is 7.39. The molecule has 2 amide bonds. The third-order valence-corrected chi connectivity index (χ3v) is 3.57. The van der Waals surface area contributed by atoms with Crippen LogP contribution in [0.4, 0.5) is 13.2 Å². The summed E-state index contributed by atoms with van der Waals surface area (Å²) in [7, 11) is 0. The Labute approximate surface area is 159 Å². The van der Waals surface area contributed by atoms with Crippen molar-refractivity contribution < 1.29 is 32.2 Å². The van der Waals surface area contributed by atoms with Crippen LogP contribution in [0.2, 0.25) is 0 Å². The molecule has 0 saturated heterocycles. The van der Waals surface area contributed by atoms with E-state index in [1.807, 2.05) is 30.3 Å². The second-order valence-corrected chi connectivity index (χ2v) is 5.90. The average molecular weight is 396 g/mol. The van der Waals surface area contributed by atoms with Crippen LogP contribution in [0.15, 0.2) is 54.6 Å². The van der Waals surface area contributed by atoms with Gasteiger partial charge in [0.1, 0.15) is 11.8 Å². The van der Waals surface area contributed by atoms with Crippen LogP contribution in [-0.4, -0.2) is 30.8 Å². The molecule has 0 fully saturated rings. The predicted octanol–water partition coefficient (Wildman–Crippen LogP) is 2.31. The molecule has 1 atom stereocenters. The highest BCUT2D eigenvalue weighted by Crippen LogP contribution is 2.23. The number of rotatable bonds is 9. The average Bonchev–Trinajstić information content (AvgIpc) is 2.60. The van der Waals surface area contributed by atoms with E-state index in [-0.39, 0.29) is 25.2 Å². The maximum atomic E-state index is 12.3. The first-order valence-corrected chi connectivity index (χ1v) is 8.28. The molecule has 0 aliphatic rings. The van der Waals surface area contributed by atoms with Crippen LogP contribution >= 0.6 is 0 Å². The lowest BCUT2D eigenvalue weighted by Gasteiger charge is -2.16. The zero-order valence-corrected chi connectivity index (χ0v) is 14.7. The molecule has 2 rings (SSSR count). The number of hydrogen-bond acceptors (Lipinski definition) is 4. The van der Waals surface area contributed by atoms with Gasteiger partial charge in [0.15, 0.2) is 0 Å². The minimum absolute atomic E-state index is 0.132. The molecular formula is C19H19F3N2O4. The molecule has 0 radical (unpaired) electrons. The largest absolute Gasteiger partial charge is 0.573 e. The first-order valence-electron chi connectivity index (χ1n) is 8.28. The van der Waals surface area contributed by atoms with Crippen molar-refractivity contribution in [2.45, 2.75) is 25.4 Å². The molecule has 0 aromatic heterocycles. The van der Waals surface area contributed by atoms with Gasteiger partial charge in [-0.1, -0.05) is 42.5 Å². The van der Waals surface area contributed by atoms with Crippen LogP contribution in [0.1, 0.15) is 11.1 Å². The summed E-state index contributed by atoms with van der Waals surface area (Å²) >= 11 is 0. The van der Waals surface area contributed by atoms with E-state index in [4.69, 9.17) is 10.5 Å². The summed E-state index contributed by atoms with van der Waals surface area (Å²) in [4.78, 5) is 23.6. The molecule has 2 aromatic carbocycles. The number of carbonyl (C=O) groups is 2. The van der Waals surface area contributed by atoms with Gasteiger partial charge in [0, 0.05) is 0 Å². The van der Waals surface area contributed by atoms with Crippen LogP contribution in [-0.2, 0) is 27.4 Å². The molecule has 0 heterocycles. The van der Waals surface area contributed by atoms with Gasteiger partial charge in [0.25, 0.3) is 0 Å². The third kappa shape index (κ3) is 7.67. The summed E-state index contributed by atoms with van der Waals surface area (Å²) in [5.41, 5.74) is 6.45. The van der Waals surface area contributed by atoms with Crippen molar-refractivity contribution in [3.63, 3.8) is 0 Å². The Balaban J connectivity index is 1.88. The number of hydrogen-bond donors (Lipinski definition) is 2. The van der Waals surface area contributed by atoms with Crippen LogP contribution in [0.3, 0.4) is 0 Å². The quantitative estimate of drug-likeness (QED) is 0.681. The fraction of sp³-hybridized carbons (Fsp3) is 0.263. The van der Waals surface area contributed by atoms with Crippen LogP contribution in [0, 0.1) is 0 Å². The number of ether oxygens (including phenoxy) is 2. The van der Waals surface area contributed by atoms with Gasteiger partial charge >= 0.3 is 6.36 Å². The van der Waals surface area contributed by atoms with E-state index in [9.17, 15) is 22.8 Å². The second-order valence-electron chi connectivity index (χ2n) is 5.90. The number of benzene rings is 2. The number of alkyl halides is 3. The lowest BCUT2D eigenvalue weighted by molar-refractivity contribution is -0.274. The fourth-order valence-electron chi connectivity index (χ4n) is 2.35. The summed E-state index contributed by atoms with van der Waals surface area (Å²) in [5, 5.41) is 2.42. The highest BCUT2D eigenvalue weighted by Gasteiger charge is 2.31. The number of halogens is 3. The van der Waals surface area contributed by atoms with Crippen molar-refractivity contribution in [2.75, 3.05) is 6.61 Å². The van der Waals surface area contributed by atoms with Crippen LogP contribution in [0.25, 0.3) is 0 Å². The molecule has 3 N–H and O–H groups in total. The fourth-order valence-corrected chi connectivity index (χ4v) is 2.35. The molecule has 0 aliphatic heterocycles. The highest BCUT2D eigenvalue weighted by atomic mass is 19.4. The van der Waals surface area contributed by atoms with Gasteiger partial charge in [-0.15, -0.1) is 13.2 Å². The monoisotopic (exact) mass is 396 g/mol. The molecule has 2 aromatic rings. The topological polar surface area (TPSA) is 90.7 Å². The number of nitrogens with one attached hydrogen (secondary N) is 1. The van der Waals surface area contributed by atoms with Gasteiger partial charge in [-0.05, 0) is 23.3 Å². The van der Waals surface area contributed by atoms with Gasteiger partial charge in [-0.25, -0.2) is 0 Å². The molecule has 1 unspecified atom stereocenters. The number of amides is 2. The minimum Gasteiger partial charge on any atom is -0.406 e. The molecule has 0 bridgehead atoms. The van der Waals surface area contributed by atoms with Crippen molar-refractivity contribution in [3.05, 3.63) is 65.7 Å². The van der Waals surface area contributed by atoms with Gasteiger partial charge in [-0.2, -0.15) is 0 Å². The van der Waals surface area contributed by atoms with E-state index in [2.05, 4.69) is 10.1 Å². The Morgan fingerprint density at radius 1 is 1.04 bits per heavy atom. The first-order chi connectivity index (χ1) is 13.2. The van der Waals surface area contributed by atoms with Gasteiger partial charge in [-0.3, -0.25) is 9.59 Å². The normalized spacial score (nSPS) is 12.2. The van der Waals surface area contributed by atoms with E-state index in [1.54, 1.807) is 0 Å². The first kappa shape index (κ1) is 21.2. The predicted molar refractivity (Wildman–Crippen MR) is 94.1 cm³/mol. The number of carbonyl (C=O) groups excluding carboxylic acids is 2. The van der Waals surface area contributed by atoms with E-state index in [0.717, 1.165) is 17.7 Å².